The minimum atomic E-state index is -0.591. The lowest BCUT2D eigenvalue weighted by molar-refractivity contribution is 0.105. The Kier molecular flexibility index (Phi) is 5.24. The Morgan fingerprint density at radius 3 is 2.36 bits per heavy atom. The van der Waals surface area contributed by atoms with Gasteiger partial charge >= 0.3 is 0 Å². The zero-order chi connectivity index (χ0) is 8.85. The van der Waals surface area contributed by atoms with Gasteiger partial charge in [-0.25, -0.2) is 0 Å². The van der Waals surface area contributed by atoms with Gasteiger partial charge < -0.3 is 4.42 Å². The van der Waals surface area contributed by atoms with Crippen LogP contribution in [-0.4, -0.2) is 5.24 Å². The summed E-state index contributed by atoms with van der Waals surface area (Å²) in [6.07, 6.45) is 1.39. The predicted molar refractivity (Wildman–Crippen MR) is 47.9 cm³/mol. The Balaban J connectivity index is 0.000000461. The molecule has 0 radical (unpaired) electrons. The lowest BCUT2D eigenvalue weighted by Crippen LogP contribution is -1.83. The second kappa shape index (κ2) is 5.38. The molecule has 0 aliphatic heterocycles. The zero-order valence-electron chi connectivity index (χ0n) is 6.23. The van der Waals surface area contributed by atoms with Crippen LogP contribution in [-0.2, 0) is 0 Å². The first kappa shape index (κ1) is 10.7. The topological polar surface area (TPSA) is 30.2 Å². The van der Waals surface area contributed by atoms with Crippen molar-refractivity contribution in [1.82, 2.24) is 0 Å². The predicted octanol–water partition coefficient (Wildman–Crippen LogP) is 3.45. The maximum Gasteiger partial charge on any atom is 0.288 e. The van der Waals surface area contributed by atoms with Crippen molar-refractivity contribution in [3.8, 4) is 0 Å². The third-order valence-electron chi connectivity index (χ3n) is 0.796. The molecule has 0 unspecified atom stereocenters. The Bertz CT molecular complexity index is 232. The highest BCUT2D eigenvalue weighted by Crippen LogP contribution is 2.18. The van der Waals surface area contributed by atoms with E-state index in [4.69, 9.17) is 16.0 Å². The highest BCUT2D eigenvalue weighted by atomic mass is 79.9. The van der Waals surface area contributed by atoms with Gasteiger partial charge in [-0.1, -0.05) is 13.8 Å². The van der Waals surface area contributed by atoms with Gasteiger partial charge in [0, 0.05) is 0 Å². The fraction of sp³-hybridized carbons (Fsp3) is 0.286. The summed E-state index contributed by atoms with van der Waals surface area (Å²) >= 11 is 8.15. The van der Waals surface area contributed by atoms with E-state index in [0.29, 0.717) is 4.47 Å². The summed E-state index contributed by atoms with van der Waals surface area (Å²) in [5, 5.41) is -0.591. The van der Waals surface area contributed by atoms with E-state index in [2.05, 4.69) is 15.9 Å². The molecule has 1 rings (SSSR count). The minimum Gasteiger partial charge on any atom is -0.459 e. The normalized spacial score (nSPS) is 8.36. The van der Waals surface area contributed by atoms with Crippen molar-refractivity contribution in [2.45, 2.75) is 13.8 Å². The first-order valence-corrected chi connectivity index (χ1v) is 4.31. The monoisotopic (exact) mass is 238 g/mol. The summed E-state index contributed by atoms with van der Waals surface area (Å²) in [6, 6.07) is 1.61. The smallest absolute Gasteiger partial charge is 0.288 e. The molecule has 0 atom stereocenters. The van der Waals surface area contributed by atoms with E-state index in [1.165, 1.54) is 6.26 Å². The van der Waals surface area contributed by atoms with Gasteiger partial charge in [-0.05, 0) is 33.6 Å². The molecule has 0 N–H and O–H groups in total. The van der Waals surface area contributed by atoms with Gasteiger partial charge in [0.1, 0.15) is 0 Å². The summed E-state index contributed by atoms with van der Waals surface area (Å²) in [6.45, 7) is 4.00. The second-order valence-electron chi connectivity index (χ2n) is 1.37. The Morgan fingerprint density at radius 1 is 1.64 bits per heavy atom. The quantitative estimate of drug-likeness (QED) is 0.703. The Labute approximate surface area is 78.7 Å². The summed E-state index contributed by atoms with van der Waals surface area (Å²) in [7, 11) is 0. The molecule has 0 fully saturated rings. The minimum absolute atomic E-state index is 0.150. The summed E-state index contributed by atoms with van der Waals surface area (Å²) in [5.41, 5.74) is 0. The van der Waals surface area contributed by atoms with Crippen LogP contribution in [0, 0.1) is 0 Å². The van der Waals surface area contributed by atoms with Crippen molar-refractivity contribution in [2.75, 3.05) is 0 Å². The molecule has 0 aliphatic rings. The molecule has 0 spiro atoms. The third-order valence-corrected chi connectivity index (χ3v) is 1.59. The van der Waals surface area contributed by atoms with Crippen molar-refractivity contribution in [3.63, 3.8) is 0 Å². The summed E-state index contributed by atoms with van der Waals surface area (Å²) < 4.78 is 5.28. The number of halogens is 2. The molecule has 1 aromatic rings. The van der Waals surface area contributed by atoms with Crippen LogP contribution in [0.2, 0.25) is 0 Å². The van der Waals surface area contributed by atoms with E-state index in [-0.39, 0.29) is 5.76 Å². The number of carbonyl (C=O) groups is 1. The van der Waals surface area contributed by atoms with E-state index in [1.54, 1.807) is 6.07 Å². The van der Waals surface area contributed by atoms with Crippen LogP contribution < -0.4 is 0 Å². The molecular weight excluding hydrogens is 231 g/mol. The molecule has 0 saturated heterocycles. The van der Waals surface area contributed by atoms with Crippen LogP contribution in [0.1, 0.15) is 24.4 Å². The molecule has 0 aliphatic carbocycles. The van der Waals surface area contributed by atoms with Gasteiger partial charge in [0.25, 0.3) is 5.24 Å². The highest BCUT2D eigenvalue weighted by molar-refractivity contribution is 9.10. The van der Waals surface area contributed by atoms with Crippen LogP contribution in [0.3, 0.4) is 0 Å². The van der Waals surface area contributed by atoms with E-state index in [1.807, 2.05) is 13.8 Å². The van der Waals surface area contributed by atoms with E-state index >= 15 is 0 Å². The molecule has 0 bridgehead atoms. The average Bonchev–Trinajstić information content (AvgIpc) is 2.39. The first-order valence-electron chi connectivity index (χ1n) is 3.14. The highest BCUT2D eigenvalue weighted by Gasteiger charge is 2.09. The van der Waals surface area contributed by atoms with Gasteiger partial charge in [0.2, 0.25) is 0 Å². The van der Waals surface area contributed by atoms with Gasteiger partial charge in [-0.2, -0.15) is 0 Å². The molecule has 2 nitrogen and oxygen atoms in total. The largest absolute Gasteiger partial charge is 0.459 e. The van der Waals surface area contributed by atoms with Crippen molar-refractivity contribution in [2.24, 2.45) is 0 Å². The van der Waals surface area contributed by atoms with E-state index in [9.17, 15) is 4.79 Å². The molecule has 0 saturated carbocycles. The molecule has 1 aromatic heterocycles. The number of hydrogen-bond acceptors (Lipinski definition) is 2. The molecular formula is C7H8BrClO2. The van der Waals surface area contributed by atoms with Gasteiger partial charge in [-0.3, -0.25) is 4.79 Å². The van der Waals surface area contributed by atoms with E-state index in [0.717, 1.165) is 0 Å². The van der Waals surface area contributed by atoms with Crippen LogP contribution in [0.5, 0.6) is 0 Å². The maximum absolute atomic E-state index is 10.4. The SMILES string of the molecule is CC.O=C(Cl)c1occc1Br. The maximum atomic E-state index is 10.4. The standard InChI is InChI=1S/C5H2BrClO2.C2H6/c6-3-1-2-9-4(3)5(7)8;1-2/h1-2H;1-2H3. The van der Waals surface area contributed by atoms with E-state index < -0.39 is 5.24 Å². The van der Waals surface area contributed by atoms with Crippen molar-refractivity contribution < 1.29 is 9.21 Å². The molecule has 0 aromatic carbocycles. The number of carbonyl (C=O) groups excluding carboxylic acids is 1. The molecule has 4 heteroatoms. The second-order valence-corrected chi connectivity index (χ2v) is 2.57. The molecule has 0 amide bonds. The van der Waals surface area contributed by atoms with Gasteiger partial charge in [0.05, 0.1) is 10.7 Å². The Hall–Kier alpha value is -0.280. The zero-order valence-corrected chi connectivity index (χ0v) is 8.57. The van der Waals surface area contributed by atoms with Crippen molar-refractivity contribution in [3.05, 3.63) is 22.6 Å². The fourth-order valence-corrected chi connectivity index (χ4v) is 1.08. The van der Waals surface area contributed by atoms with Crippen LogP contribution in [0.15, 0.2) is 21.2 Å². The number of rotatable bonds is 1. The first-order chi connectivity index (χ1) is 5.22. The van der Waals surface area contributed by atoms with Crippen molar-refractivity contribution in [1.29, 1.82) is 0 Å². The number of furan rings is 1. The van der Waals surface area contributed by atoms with Crippen LogP contribution >= 0.6 is 27.5 Å². The molecule has 62 valence electrons. The fourth-order valence-electron chi connectivity index (χ4n) is 0.434. The summed E-state index contributed by atoms with van der Waals surface area (Å²) in [4.78, 5) is 10.4. The van der Waals surface area contributed by atoms with Crippen LogP contribution in [0.25, 0.3) is 0 Å². The molecule has 1 heterocycles. The van der Waals surface area contributed by atoms with Crippen molar-refractivity contribution >= 4 is 32.8 Å². The average molecular weight is 239 g/mol. The Morgan fingerprint density at radius 2 is 2.18 bits per heavy atom. The summed E-state index contributed by atoms with van der Waals surface area (Å²) in [5.74, 6) is 0.150. The van der Waals surface area contributed by atoms with Crippen LogP contribution in [0.4, 0.5) is 0 Å². The molecule has 11 heavy (non-hydrogen) atoms. The van der Waals surface area contributed by atoms with Gasteiger partial charge in [0.15, 0.2) is 5.76 Å². The lowest BCUT2D eigenvalue weighted by Gasteiger charge is -1.82. The third kappa shape index (κ3) is 3.08. The lowest BCUT2D eigenvalue weighted by atomic mass is 10.5. The number of hydrogen-bond donors (Lipinski definition) is 0. The van der Waals surface area contributed by atoms with Gasteiger partial charge in [-0.15, -0.1) is 0 Å².